The first-order chi connectivity index (χ1) is 14.2. The van der Waals surface area contributed by atoms with Gasteiger partial charge in [-0.05, 0) is 24.3 Å². The summed E-state index contributed by atoms with van der Waals surface area (Å²) in [5.41, 5.74) is -0.550. The molecule has 3 aromatic rings. The molecule has 30 heavy (non-hydrogen) atoms. The molecular weight excluding hydrogens is 489 g/mol. The summed E-state index contributed by atoms with van der Waals surface area (Å²) >= 11 is 4.71. The van der Waals surface area contributed by atoms with Crippen molar-refractivity contribution >= 4 is 33.2 Å². The Morgan fingerprint density at radius 1 is 1.27 bits per heavy atom. The van der Waals surface area contributed by atoms with Gasteiger partial charge in [0, 0.05) is 22.1 Å². The minimum atomic E-state index is -4.62. The van der Waals surface area contributed by atoms with Crippen molar-refractivity contribution in [3.63, 3.8) is 0 Å². The predicted octanol–water partition coefficient (Wildman–Crippen LogP) is 4.51. The normalized spacial score (nSPS) is 11.4. The van der Waals surface area contributed by atoms with Crippen LogP contribution in [0.1, 0.15) is 11.3 Å². The largest absolute Gasteiger partial charge is 0.496 e. The van der Waals surface area contributed by atoms with E-state index < -0.39 is 29.8 Å². The molecule has 0 N–H and O–H groups in total. The number of carbonyl (C=O) groups excluding carboxylic acids is 1. The Morgan fingerprint density at radius 2 is 2.03 bits per heavy atom. The van der Waals surface area contributed by atoms with Gasteiger partial charge in [-0.2, -0.15) is 13.2 Å². The highest BCUT2D eigenvalue weighted by Crippen LogP contribution is 2.34. The zero-order valence-corrected chi connectivity index (χ0v) is 17.8. The summed E-state index contributed by atoms with van der Waals surface area (Å²) in [6.07, 6.45) is -4.03. The van der Waals surface area contributed by atoms with Crippen molar-refractivity contribution in [2.75, 3.05) is 7.11 Å². The monoisotopic (exact) mass is 502 g/mol. The molecule has 1 aromatic carbocycles. The Kier molecular flexibility index (Phi) is 6.61. The molecule has 0 aliphatic carbocycles. The molecule has 6 nitrogen and oxygen atoms in total. The van der Waals surface area contributed by atoms with Crippen molar-refractivity contribution in [1.82, 2.24) is 9.55 Å². The number of pyridine rings is 1. The maximum absolute atomic E-state index is 12.8. The van der Waals surface area contributed by atoms with E-state index in [1.165, 1.54) is 11.3 Å². The Balaban J connectivity index is 1.67. The van der Waals surface area contributed by atoms with Gasteiger partial charge in [0.1, 0.15) is 23.9 Å². The van der Waals surface area contributed by atoms with Gasteiger partial charge in [-0.1, -0.05) is 15.9 Å². The van der Waals surface area contributed by atoms with E-state index in [1.807, 2.05) is 12.1 Å². The van der Waals surface area contributed by atoms with Gasteiger partial charge in [-0.3, -0.25) is 9.59 Å². The average Bonchev–Trinajstić information content (AvgIpc) is 3.16. The first-order valence-corrected chi connectivity index (χ1v) is 10.1. The molecule has 0 fully saturated rings. The van der Waals surface area contributed by atoms with Crippen LogP contribution in [-0.2, 0) is 28.9 Å². The topological polar surface area (TPSA) is 70.4 Å². The lowest BCUT2D eigenvalue weighted by Gasteiger charge is -2.10. The Morgan fingerprint density at radius 3 is 2.73 bits per heavy atom. The smallest absolute Gasteiger partial charge is 0.417 e. The Labute approximate surface area is 181 Å². The minimum absolute atomic E-state index is 0.181. The molecule has 2 aromatic heterocycles. The standard InChI is InChI=1S/C19H14BrF3N2O4S/c1-28-15-4-3-12(20)6-14(15)18-24-13(10-30-18)9-29-17(27)8-25-7-11(19(21,22)23)2-5-16(25)26/h2-7,10H,8-9H2,1H3. The van der Waals surface area contributed by atoms with Crippen molar-refractivity contribution < 1.29 is 27.4 Å². The second-order valence-electron chi connectivity index (χ2n) is 6.03. The van der Waals surface area contributed by atoms with Crippen LogP contribution in [0.3, 0.4) is 0 Å². The van der Waals surface area contributed by atoms with Crippen LogP contribution < -0.4 is 10.3 Å². The van der Waals surface area contributed by atoms with E-state index in [-0.39, 0.29) is 6.61 Å². The Hall–Kier alpha value is -2.66. The summed E-state index contributed by atoms with van der Waals surface area (Å²) < 4.78 is 50.2. The fourth-order valence-electron chi connectivity index (χ4n) is 2.51. The van der Waals surface area contributed by atoms with Crippen LogP contribution in [0.2, 0.25) is 0 Å². The summed E-state index contributed by atoms with van der Waals surface area (Å²) in [6.45, 7) is -0.821. The Bertz CT molecular complexity index is 1130. The zero-order valence-electron chi connectivity index (χ0n) is 15.4. The number of carbonyl (C=O) groups is 1. The number of methoxy groups -OCH3 is 1. The molecule has 11 heteroatoms. The second kappa shape index (κ2) is 9.00. The molecule has 2 heterocycles. The van der Waals surface area contributed by atoms with Crippen LogP contribution in [0.4, 0.5) is 13.2 Å². The van der Waals surface area contributed by atoms with E-state index in [4.69, 9.17) is 9.47 Å². The summed E-state index contributed by atoms with van der Waals surface area (Å²) in [4.78, 5) is 28.1. The lowest BCUT2D eigenvalue weighted by Crippen LogP contribution is -2.26. The molecule has 0 atom stereocenters. The fourth-order valence-corrected chi connectivity index (χ4v) is 3.69. The van der Waals surface area contributed by atoms with Crippen LogP contribution in [0.25, 0.3) is 10.6 Å². The van der Waals surface area contributed by atoms with Gasteiger partial charge >= 0.3 is 12.1 Å². The van der Waals surface area contributed by atoms with Gasteiger partial charge in [0.2, 0.25) is 0 Å². The summed E-state index contributed by atoms with van der Waals surface area (Å²) in [5, 5.41) is 2.34. The van der Waals surface area contributed by atoms with Crippen molar-refractivity contribution in [2.24, 2.45) is 0 Å². The fraction of sp³-hybridized carbons (Fsp3) is 0.211. The van der Waals surface area contributed by atoms with Crippen LogP contribution in [0.5, 0.6) is 5.75 Å². The lowest BCUT2D eigenvalue weighted by atomic mass is 10.2. The molecule has 3 rings (SSSR count). The number of aromatic nitrogens is 2. The minimum Gasteiger partial charge on any atom is -0.496 e. The van der Waals surface area contributed by atoms with Crippen molar-refractivity contribution in [2.45, 2.75) is 19.3 Å². The third-order valence-corrected chi connectivity index (χ3v) is 5.35. The summed E-state index contributed by atoms with van der Waals surface area (Å²) in [6, 6.07) is 6.88. The van der Waals surface area contributed by atoms with Crippen LogP contribution in [0, 0.1) is 0 Å². The summed E-state index contributed by atoms with van der Waals surface area (Å²) in [5.74, 6) is -0.231. The van der Waals surface area contributed by atoms with Crippen LogP contribution in [0.15, 0.2) is 51.2 Å². The van der Waals surface area contributed by atoms with E-state index in [1.54, 1.807) is 18.6 Å². The molecule has 0 radical (unpaired) electrons. The highest BCUT2D eigenvalue weighted by atomic mass is 79.9. The molecule has 0 aliphatic heterocycles. The molecule has 158 valence electrons. The molecule has 0 amide bonds. The molecule has 0 unspecified atom stereocenters. The maximum Gasteiger partial charge on any atom is 0.417 e. The summed E-state index contributed by atoms with van der Waals surface area (Å²) in [7, 11) is 1.54. The highest BCUT2D eigenvalue weighted by Gasteiger charge is 2.31. The van der Waals surface area contributed by atoms with E-state index in [0.717, 1.165) is 16.1 Å². The molecule has 0 saturated heterocycles. The van der Waals surface area contributed by atoms with Gasteiger partial charge < -0.3 is 14.0 Å². The maximum atomic E-state index is 12.8. The SMILES string of the molecule is COc1ccc(Br)cc1-c1nc(COC(=O)Cn2cc(C(F)(F)F)ccc2=O)cs1. The van der Waals surface area contributed by atoms with Gasteiger partial charge in [0.15, 0.2) is 0 Å². The number of halogens is 4. The quantitative estimate of drug-likeness (QED) is 0.464. The number of thiazole rings is 1. The predicted molar refractivity (Wildman–Crippen MR) is 107 cm³/mol. The van der Waals surface area contributed by atoms with Crippen molar-refractivity contribution in [3.8, 4) is 16.3 Å². The van der Waals surface area contributed by atoms with Crippen LogP contribution in [-0.4, -0.2) is 22.6 Å². The number of rotatable bonds is 6. The number of ether oxygens (including phenoxy) is 2. The highest BCUT2D eigenvalue weighted by molar-refractivity contribution is 9.10. The number of hydrogen-bond acceptors (Lipinski definition) is 6. The number of nitrogens with zero attached hydrogens (tertiary/aromatic N) is 2. The van der Waals surface area contributed by atoms with Gasteiger partial charge in [0.05, 0.1) is 23.9 Å². The number of esters is 1. The van der Waals surface area contributed by atoms with Crippen molar-refractivity contribution in [1.29, 1.82) is 0 Å². The first kappa shape index (κ1) is 22.0. The first-order valence-electron chi connectivity index (χ1n) is 8.39. The number of hydrogen-bond donors (Lipinski definition) is 0. The lowest BCUT2D eigenvalue weighted by molar-refractivity contribution is -0.146. The van der Waals surface area contributed by atoms with Crippen LogP contribution >= 0.6 is 27.3 Å². The zero-order chi connectivity index (χ0) is 21.9. The number of alkyl halides is 3. The average molecular weight is 503 g/mol. The van der Waals surface area contributed by atoms with Gasteiger partial charge in [-0.25, -0.2) is 4.98 Å². The van der Waals surface area contributed by atoms with Gasteiger partial charge in [-0.15, -0.1) is 11.3 Å². The second-order valence-corrected chi connectivity index (χ2v) is 7.80. The third-order valence-electron chi connectivity index (χ3n) is 3.93. The molecule has 0 bridgehead atoms. The van der Waals surface area contributed by atoms with E-state index in [0.29, 0.717) is 33.3 Å². The third kappa shape index (κ3) is 5.28. The van der Waals surface area contributed by atoms with E-state index in [2.05, 4.69) is 20.9 Å². The van der Waals surface area contributed by atoms with E-state index >= 15 is 0 Å². The molecule has 0 spiro atoms. The van der Waals surface area contributed by atoms with E-state index in [9.17, 15) is 22.8 Å². The van der Waals surface area contributed by atoms with Gasteiger partial charge in [0.25, 0.3) is 5.56 Å². The number of benzene rings is 1. The molecule has 0 aliphatic rings. The molecular formula is C19H14BrF3N2O4S. The van der Waals surface area contributed by atoms with Crippen molar-refractivity contribution in [3.05, 3.63) is 68.0 Å². The molecule has 0 saturated carbocycles.